The lowest BCUT2D eigenvalue weighted by Crippen LogP contribution is -2.43. The number of halogens is 1. The number of aromatic nitrogens is 2. The Kier molecular flexibility index (Phi) is 4.97. The molecule has 0 radical (unpaired) electrons. The molecule has 2 fully saturated rings. The van der Waals surface area contributed by atoms with Crippen molar-refractivity contribution in [1.82, 2.24) is 9.97 Å². The number of aryl methyl sites for hydroxylation is 1. The first-order chi connectivity index (χ1) is 13.0. The highest BCUT2D eigenvalue weighted by Gasteiger charge is 2.35. The van der Waals surface area contributed by atoms with Gasteiger partial charge in [-0.3, -0.25) is 0 Å². The second kappa shape index (κ2) is 7.40. The number of morpholine rings is 1. The van der Waals surface area contributed by atoms with Crippen LogP contribution in [-0.2, 0) is 10.3 Å². The predicted molar refractivity (Wildman–Crippen MR) is 102 cm³/mol. The third-order valence-corrected chi connectivity index (χ3v) is 5.42. The van der Waals surface area contributed by atoms with E-state index in [1.54, 1.807) is 12.1 Å². The van der Waals surface area contributed by atoms with E-state index in [4.69, 9.17) is 9.72 Å². The minimum atomic E-state index is -0.930. The molecule has 0 atom stereocenters. The molecule has 2 saturated heterocycles. The summed E-state index contributed by atoms with van der Waals surface area (Å²) < 4.78 is 18.6. The van der Waals surface area contributed by atoms with Crippen molar-refractivity contribution in [1.29, 1.82) is 0 Å². The summed E-state index contributed by atoms with van der Waals surface area (Å²) in [5.74, 6) is 1.35. The second-order valence-corrected chi connectivity index (χ2v) is 7.29. The van der Waals surface area contributed by atoms with Crippen molar-refractivity contribution in [3.8, 4) is 0 Å². The molecule has 2 aromatic rings. The van der Waals surface area contributed by atoms with Crippen molar-refractivity contribution in [3.63, 3.8) is 0 Å². The van der Waals surface area contributed by atoms with Crippen LogP contribution in [-0.4, -0.2) is 54.5 Å². The van der Waals surface area contributed by atoms with E-state index < -0.39 is 5.60 Å². The molecular formula is C20H25FN4O2. The molecule has 7 heteroatoms. The molecule has 0 spiro atoms. The number of piperidine rings is 1. The fourth-order valence-corrected chi connectivity index (χ4v) is 3.76. The van der Waals surface area contributed by atoms with Gasteiger partial charge in [-0.15, -0.1) is 0 Å². The smallest absolute Gasteiger partial charge is 0.227 e. The van der Waals surface area contributed by atoms with Crippen molar-refractivity contribution in [2.45, 2.75) is 25.4 Å². The Hall–Kier alpha value is -2.25. The van der Waals surface area contributed by atoms with E-state index in [9.17, 15) is 9.50 Å². The van der Waals surface area contributed by atoms with Crippen LogP contribution in [0.25, 0.3) is 0 Å². The number of nitrogens with zero attached hydrogens (tertiary/aromatic N) is 4. The number of ether oxygens (including phenoxy) is 1. The van der Waals surface area contributed by atoms with Crippen molar-refractivity contribution in [3.05, 3.63) is 47.4 Å². The third kappa shape index (κ3) is 3.89. The fourth-order valence-electron chi connectivity index (χ4n) is 3.76. The maximum Gasteiger partial charge on any atom is 0.227 e. The molecule has 0 bridgehead atoms. The van der Waals surface area contributed by atoms with Gasteiger partial charge in [0.05, 0.1) is 18.8 Å². The molecule has 1 aromatic heterocycles. The number of hydrogen-bond acceptors (Lipinski definition) is 6. The van der Waals surface area contributed by atoms with E-state index in [-0.39, 0.29) is 5.82 Å². The first-order valence-electron chi connectivity index (χ1n) is 9.45. The van der Waals surface area contributed by atoms with Crippen molar-refractivity contribution in [2.24, 2.45) is 0 Å². The van der Waals surface area contributed by atoms with Gasteiger partial charge in [-0.25, -0.2) is 9.37 Å². The number of aliphatic hydroxyl groups is 1. The van der Waals surface area contributed by atoms with Crippen LogP contribution in [0.2, 0.25) is 0 Å². The van der Waals surface area contributed by atoms with Crippen LogP contribution in [0, 0.1) is 12.7 Å². The standard InChI is InChI=1S/C20H25FN4O2/c1-15-14-18(24-10-12-27-13-11-24)23-19(22-15)25-8-6-20(26,7-9-25)16-2-4-17(21)5-3-16/h2-5,14,26H,6-13H2,1H3. The zero-order valence-electron chi connectivity index (χ0n) is 15.6. The van der Waals surface area contributed by atoms with E-state index in [0.29, 0.717) is 45.1 Å². The van der Waals surface area contributed by atoms with Gasteiger partial charge in [0.15, 0.2) is 0 Å². The lowest BCUT2D eigenvalue weighted by Gasteiger charge is -2.39. The largest absolute Gasteiger partial charge is 0.385 e. The number of anilines is 2. The Morgan fingerprint density at radius 2 is 1.67 bits per heavy atom. The molecule has 144 valence electrons. The van der Waals surface area contributed by atoms with Gasteiger partial charge in [0.2, 0.25) is 5.95 Å². The Balaban J connectivity index is 1.49. The van der Waals surface area contributed by atoms with E-state index in [1.165, 1.54) is 12.1 Å². The van der Waals surface area contributed by atoms with Gasteiger partial charge in [0.25, 0.3) is 0 Å². The molecule has 0 amide bonds. The number of rotatable bonds is 3. The Bertz CT molecular complexity index is 785. The lowest BCUT2D eigenvalue weighted by molar-refractivity contribution is 0.0115. The quantitative estimate of drug-likeness (QED) is 0.892. The molecule has 1 N–H and O–H groups in total. The first kappa shape index (κ1) is 18.1. The maximum atomic E-state index is 13.2. The highest BCUT2D eigenvalue weighted by molar-refractivity contribution is 5.46. The number of hydrogen-bond donors (Lipinski definition) is 1. The van der Waals surface area contributed by atoms with Gasteiger partial charge in [-0.1, -0.05) is 12.1 Å². The molecule has 2 aliphatic rings. The van der Waals surface area contributed by atoms with Crippen LogP contribution in [0.4, 0.5) is 16.2 Å². The minimum Gasteiger partial charge on any atom is -0.385 e. The van der Waals surface area contributed by atoms with Crippen LogP contribution in [0.1, 0.15) is 24.1 Å². The maximum absolute atomic E-state index is 13.2. The van der Waals surface area contributed by atoms with Gasteiger partial charge in [0, 0.05) is 37.9 Å². The van der Waals surface area contributed by atoms with Crippen molar-refractivity contribution < 1.29 is 14.2 Å². The molecule has 0 aliphatic carbocycles. The highest BCUT2D eigenvalue weighted by atomic mass is 19.1. The van der Waals surface area contributed by atoms with E-state index in [2.05, 4.69) is 14.8 Å². The van der Waals surface area contributed by atoms with Crippen molar-refractivity contribution >= 4 is 11.8 Å². The predicted octanol–water partition coefficient (Wildman–Crippen LogP) is 2.25. The van der Waals surface area contributed by atoms with E-state index in [0.717, 1.165) is 30.2 Å². The SMILES string of the molecule is Cc1cc(N2CCOCC2)nc(N2CCC(O)(c3ccc(F)cc3)CC2)n1. The summed E-state index contributed by atoms with van der Waals surface area (Å²) in [6.45, 7) is 6.38. The van der Waals surface area contributed by atoms with Gasteiger partial charge in [-0.2, -0.15) is 4.98 Å². The molecule has 0 saturated carbocycles. The summed E-state index contributed by atoms with van der Waals surface area (Å²) >= 11 is 0. The van der Waals surface area contributed by atoms with Crippen LogP contribution >= 0.6 is 0 Å². The first-order valence-corrected chi connectivity index (χ1v) is 9.45. The second-order valence-electron chi connectivity index (χ2n) is 7.29. The molecule has 27 heavy (non-hydrogen) atoms. The summed E-state index contributed by atoms with van der Waals surface area (Å²) in [6.07, 6.45) is 1.12. The fraction of sp³-hybridized carbons (Fsp3) is 0.500. The summed E-state index contributed by atoms with van der Waals surface area (Å²) in [6, 6.07) is 8.15. The minimum absolute atomic E-state index is 0.288. The molecule has 0 unspecified atom stereocenters. The average molecular weight is 372 g/mol. The van der Waals surface area contributed by atoms with Gasteiger partial charge >= 0.3 is 0 Å². The summed E-state index contributed by atoms with van der Waals surface area (Å²) in [5.41, 5.74) is 0.768. The monoisotopic (exact) mass is 372 g/mol. The highest BCUT2D eigenvalue weighted by Crippen LogP contribution is 2.34. The van der Waals surface area contributed by atoms with Gasteiger partial charge in [0.1, 0.15) is 11.6 Å². The zero-order chi connectivity index (χ0) is 18.9. The molecule has 3 heterocycles. The zero-order valence-corrected chi connectivity index (χ0v) is 15.6. The summed E-state index contributed by atoms with van der Waals surface area (Å²) in [5, 5.41) is 11.0. The van der Waals surface area contributed by atoms with Crippen LogP contribution in [0.15, 0.2) is 30.3 Å². The summed E-state index contributed by atoms with van der Waals surface area (Å²) in [7, 11) is 0. The molecule has 1 aromatic carbocycles. The summed E-state index contributed by atoms with van der Waals surface area (Å²) in [4.78, 5) is 13.7. The lowest BCUT2D eigenvalue weighted by atomic mass is 9.84. The Labute approximate surface area is 158 Å². The van der Waals surface area contributed by atoms with Crippen LogP contribution in [0.5, 0.6) is 0 Å². The van der Waals surface area contributed by atoms with E-state index in [1.807, 2.05) is 13.0 Å². The van der Waals surface area contributed by atoms with Crippen LogP contribution < -0.4 is 9.80 Å². The molecular weight excluding hydrogens is 347 g/mol. The normalized spacial score (nSPS) is 20.0. The van der Waals surface area contributed by atoms with E-state index >= 15 is 0 Å². The Morgan fingerprint density at radius 1 is 1.00 bits per heavy atom. The van der Waals surface area contributed by atoms with Crippen LogP contribution in [0.3, 0.4) is 0 Å². The van der Waals surface area contributed by atoms with Crippen molar-refractivity contribution in [2.75, 3.05) is 49.2 Å². The topological polar surface area (TPSA) is 61.7 Å². The molecule has 4 rings (SSSR count). The molecule has 2 aliphatic heterocycles. The average Bonchev–Trinajstić information content (AvgIpc) is 2.69. The van der Waals surface area contributed by atoms with Gasteiger partial charge in [-0.05, 0) is 37.5 Å². The molecule has 6 nitrogen and oxygen atoms in total. The van der Waals surface area contributed by atoms with Gasteiger partial charge < -0.3 is 19.6 Å². The Morgan fingerprint density at radius 3 is 2.33 bits per heavy atom. The third-order valence-electron chi connectivity index (χ3n) is 5.42. The number of benzene rings is 1.